The van der Waals surface area contributed by atoms with E-state index in [4.69, 9.17) is 5.11 Å². The molecular formula is C19H23N5O3. The van der Waals surface area contributed by atoms with Crippen molar-refractivity contribution in [2.45, 2.75) is 19.4 Å². The Bertz CT molecular complexity index is 859. The van der Waals surface area contributed by atoms with Crippen LogP contribution in [0.4, 0.5) is 10.5 Å². The summed E-state index contributed by atoms with van der Waals surface area (Å²) in [5.41, 5.74) is 2.60. The topological polar surface area (TPSA) is 109 Å². The number of hydrogen-bond donors (Lipinski definition) is 3. The number of rotatable bonds is 8. The summed E-state index contributed by atoms with van der Waals surface area (Å²) in [6.45, 7) is 9.04. The molecule has 2 rings (SSSR count). The largest absolute Gasteiger partial charge is 0.465 e. The van der Waals surface area contributed by atoms with Crippen LogP contribution in [0, 0.1) is 5.92 Å². The first-order valence-electron chi connectivity index (χ1n) is 8.38. The van der Waals surface area contributed by atoms with Crippen LogP contribution in [0.1, 0.15) is 24.9 Å². The molecular weight excluding hydrogens is 346 g/mol. The predicted octanol–water partition coefficient (Wildman–Crippen LogP) is 3.13. The number of aromatic nitrogens is 3. The maximum absolute atomic E-state index is 12.2. The Morgan fingerprint density at radius 3 is 2.70 bits per heavy atom. The van der Waals surface area contributed by atoms with Crippen molar-refractivity contribution in [2.24, 2.45) is 13.0 Å². The molecule has 0 spiro atoms. The first-order chi connectivity index (χ1) is 12.9. The van der Waals surface area contributed by atoms with Gasteiger partial charge in [0.05, 0.1) is 29.5 Å². The van der Waals surface area contributed by atoms with Crippen LogP contribution in [0.2, 0.25) is 0 Å². The number of nitrogens with one attached hydrogen (secondary N) is 2. The Labute approximate surface area is 157 Å². The van der Waals surface area contributed by atoms with Gasteiger partial charge in [0.1, 0.15) is 0 Å². The Kier molecular flexibility index (Phi) is 6.48. The van der Waals surface area contributed by atoms with E-state index >= 15 is 0 Å². The second-order valence-corrected chi connectivity index (χ2v) is 6.08. The van der Waals surface area contributed by atoms with Gasteiger partial charge in [-0.25, -0.2) is 4.79 Å². The number of aryl methyl sites for hydroxylation is 1. The fraction of sp³-hybridized carbons (Fsp3) is 0.263. The summed E-state index contributed by atoms with van der Waals surface area (Å²) in [5.74, 6) is -0.542. The molecule has 0 fully saturated rings. The Morgan fingerprint density at radius 1 is 1.33 bits per heavy atom. The fourth-order valence-corrected chi connectivity index (χ4v) is 2.60. The summed E-state index contributed by atoms with van der Waals surface area (Å²) in [7, 11) is 1.76. The molecule has 0 saturated carbocycles. The zero-order valence-electron chi connectivity index (χ0n) is 15.3. The van der Waals surface area contributed by atoms with Gasteiger partial charge in [-0.1, -0.05) is 19.1 Å². The molecule has 2 amide bonds. The lowest BCUT2D eigenvalue weighted by Gasteiger charge is -2.16. The molecule has 27 heavy (non-hydrogen) atoms. The van der Waals surface area contributed by atoms with E-state index in [0.29, 0.717) is 28.9 Å². The quantitative estimate of drug-likeness (QED) is 0.619. The lowest BCUT2D eigenvalue weighted by atomic mass is 10.0. The zero-order valence-corrected chi connectivity index (χ0v) is 15.3. The van der Waals surface area contributed by atoms with Gasteiger partial charge in [0.2, 0.25) is 5.91 Å². The first-order valence-corrected chi connectivity index (χ1v) is 8.38. The molecule has 2 atom stereocenters. The minimum atomic E-state index is -1.13. The standard InChI is InChI=1S/C19H23N5O3/c1-5-7-15(23-19(26)27)13-8-14(10-20-9-13)17-16(11-21-24(17)4)22-18(25)12(3)6-2/h5-6,8-12,15,23H,1-2,7H2,3-4H3,(H,22,25)(H,26,27). The van der Waals surface area contributed by atoms with Crippen LogP contribution in [-0.4, -0.2) is 31.9 Å². The van der Waals surface area contributed by atoms with Crippen LogP contribution in [0.3, 0.4) is 0 Å². The van der Waals surface area contributed by atoms with E-state index in [1.807, 2.05) is 6.07 Å². The minimum Gasteiger partial charge on any atom is -0.465 e. The highest BCUT2D eigenvalue weighted by atomic mass is 16.4. The van der Waals surface area contributed by atoms with E-state index in [9.17, 15) is 9.59 Å². The van der Waals surface area contributed by atoms with Gasteiger partial charge >= 0.3 is 6.09 Å². The third kappa shape index (κ3) is 4.81. The number of pyridine rings is 1. The summed E-state index contributed by atoms with van der Waals surface area (Å²) in [5, 5.41) is 18.6. The van der Waals surface area contributed by atoms with Gasteiger partial charge in [-0.3, -0.25) is 14.5 Å². The van der Waals surface area contributed by atoms with E-state index in [1.165, 1.54) is 0 Å². The number of amides is 2. The Morgan fingerprint density at radius 2 is 2.07 bits per heavy atom. The molecule has 142 valence electrons. The number of hydrogen-bond acceptors (Lipinski definition) is 4. The fourth-order valence-electron chi connectivity index (χ4n) is 2.60. The van der Waals surface area contributed by atoms with E-state index in [1.54, 1.807) is 49.4 Å². The highest BCUT2D eigenvalue weighted by molar-refractivity contribution is 5.96. The average molecular weight is 369 g/mol. The molecule has 0 saturated heterocycles. The second kappa shape index (κ2) is 8.79. The number of carbonyl (C=O) groups is 2. The Hall–Kier alpha value is -3.42. The highest BCUT2D eigenvalue weighted by Gasteiger charge is 2.19. The maximum atomic E-state index is 12.2. The van der Waals surface area contributed by atoms with Gasteiger partial charge in [0.15, 0.2) is 0 Å². The molecule has 0 aliphatic heterocycles. The van der Waals surface area contributed by atoms with Crippen LogP contribution in [-0.2, 0) is 11.8 Å². The molecule has 2 aromatic rings. The molecule has 0 aliphatic carbocycles. The van der Waals surface area contributed by atoms with Crippen molar-refractivity contribution in [3.05, 3.63) is 55.5 Å². The van der Waals surface area contributed by atoms with Gasteiger partial charge in [-0.15, -0.1) is 13.2 Å². The van der Waals surface area contributed by atoms with Crippen LogP contribution < -0.4 is 10.6 Å². The van der Waals surface area contributed by atoms with Crippen molar-refractivity contribution in [1.29, 1.82) is 0 Å². The molecule has 0 bridgehead atoms. The summed E-state index contributed by atoms with van der Waals surface area (Å²) < 4.78 is 1.63. The Balaban J connectivity index is 2.40. The van der Waals surface area contributed by atoms with E-state index in [0.717, 1.165) is 0 Å². The van der Waals surface area contributed by atoms with E-state index < -0.39 is 12.1 Å². The monoisotopic (exact) mass is 369 g/mol. The van der Waals surface area contributed by atoms with Gasteiger partial charge in [0, 0.05) is 25.0 Å². The molecule has 2 unspecified atom stereocenters. The van der Waals surface area contributed by atoms with Crippen molar-refractivity contribution in [3.63, 3.8) is 0 Å². The molecule has 3 N–H and O–H groups in total. The molecule has 0 aliphatic rings. The van der Waals surface area contributed by atoms with Crippen molar-refractivity contribution in [1.82, 2.24) is 20.1 Å². The molecule has 8 heteroatoms. The second-order valence-electron chi connectivity index (χ2n) is 6.08. The lowest BCUT2D eigenvalue weighted by molar-refractivity contribution is -0.118. The van der Waals surface area contributed by atoms with Gasteiger partial charge in [-0.05, 0) is 18.1 Å². The van der Waals surface area contributed by atoms with Crippen LogP contribution in [0.15, 0.2) is 50.0 Å². The van der Waals surface area contributed by atoms with E-state index in [2.05, 4.69) is 33.9 Å². The number of carbonyl (C=O) groups excluding carboxylic acids is 1. The van der Waals surface area contributed by atoms with Gasteiger partial charge in [0.25, 0.3) is 0 Å². The molecule has 0 aromatic carbocycles. The molecule has 8 nitrogen and oxygen atoms in total. The van der Waals surface area contributed by atoms with Crippen molar-refractivity contribution in [3.8, 4) is 11.3 Å². The SMILES string of the molecule is C=CCC(NC(=O)O)c1cncc(-c2c(NC(=O)C(C)C=C)cnn2C)c1. The molecule has 2 heterocycles. The third-order valence-corrected chi connectivity index (χ3v) is 4.10. The predicted molar refractivity (Wildman–Crippen MR) is 103 cm³/mol. The van der Waals surface area contributed by atoms with Gasteiger partial charge in [-0.2, -0.15) is 5.10 Å². The summed E-state index contributed by atoms with van der Waals surface area (Å²) in [4.78, 5) is 27.5. The van der Waals surface area contributed by atoms with Gasteiger partial charge < -0.3 is 15.7 Å². The average Bonchev–Trinajstić information content (AvgIpc) is 3.00. The molecule has 2 aromatic heterocycles. The van der Waals surface area contributed by atoms with Crippen LogP contribution >= 0.6 is 0 Å². The van der Waals surface area contributed by atoms with Crippen molar-refractivity contribution >= 4 is 17.7 Å². The number of anilines is 1. The normalized spacial score (nSPS) is 12.7. The zero-order chi connectivity index (χ0) is 20.0. The number of carboxylic acid groups (broad SMARTS) is 1. The molecule has 0 radical (unpaired) electrons. The number of nitrogens with zero attached hydrogens (tertiary/aromatic N) is 3. The maximum Gasteiger partial charge on any atom is 0.405 e. The van der Waals surface area contributed by atoms with Crippen molar-refractivity contribution < 1.29 is 14.7 Å². The lowest BCUT2D eigenvalue weighted by Crippen LogP contribution is -2.26. The highest BCUT2D eigenvalue weighted by Crippen LogP contribution is 2.29. The van der Waals surface area contributed by atoms with Crippen LogP contribution in [0.25, 0.3) is 11.3 Å². The third-order valence-electron chi connectivity index (χ3n) is 4.10. The smallest absolute Gasteiger partial charge is 0.405 e. The summed E-state index contributed by atoms with van der Waals surface area (Å²) in [6.07, 6.45) is 7.29. The van der Waals surface area contributed by atoms with E-state index in [-0.39, 0.29) is 11.8 Å². The van der Waals surface area contributed by atoms with Crippen molar-refractivity contribution in [2.75, 3.05) is 5.32 Å². The first kappa shape index (κ1) is 19.9. The summed E-state index contributed by atoms with van der Waals surface area (Å²) in [6, 6.07) is 1.35. The van der Waals surface area contributed by atoms with Crippen LogP contribution in [0.5, 0.6) is 0 Å². The minimum absolute atomic E-state index is 0.194. The summed E-state index contributed by atoms with van der Waals surface area (Å²) >= 11 is 0.